The molecule has 3 heterocycles. The summed E-state index contributed by atoms with van der Waals surface area (Å²) < 4.78 is 21.3. The van der Waals surface area contributed by atoms with Gasteiger partial charge in [-0.2, -0.15) is 5.26 Å². The topological polar surface area (TPSA) is 95.3 Å². The van der Waals surface area contributed by atoms with Gasteiger partial charge in [0.25, 0.3) is 0 Å². The molecule has 1 aliphatic carbocycles. The normalized spacial score (nSPS) is 21.0. The third-order valence-electron chi connectivity index (χ3n) is 6.49. The van der Waals surface area contributed by atoms with Gasteiger partial charge in [-0.3, -0.25) is 4.79 Å². The van der Waals surface area contributed by atoms with Crippen LogP contribution < -0.4 is 5.32 Å². The second kappa shape index (κ2) is 9.58. The van der Waals surface area contributed by atoms with Gasteiger partial charge >= 0.3 is 6.09 Å². The largest absolute Gasteiger partial charge is 0.444 e. The molecule has 7 nitrogen and oxygen atoms in total. The Hall–Kier alpha value is -2.38. The molecule has 186 valence electrons. The van der Waals surface area contributed by atoms with E-state index in [0.29, 0.717) is 40.2 Å². The molecule has 2 saturated heterocycles. The highest BCUT2D eigenvalue weighted by molar-refractivity contribution is 9.10. The van der Waals surface area contributed by atoms with Crippen LogP contribution in [0.15, 0.2) is 15.6 Å². The van der Waals surface area contributed by atoms with E-state index in [1.165, 1.54) is 18.7 Å². The lowest BCUT2D eigenvalue weighted by atomic mass is 9.79. The number of aryl methyl sites for hydroxylation is 1. The summed E-state index contributed by atoms with van der Waals surface area (Å²) in [4.78, 5) is 31.7. The molecule has 1 saturated carbocycles. The number of nitrogens with zero attached hydrogens (tertiary/aromatic N) is 3. The Balaban J connectivity index is 1.78. The second-order valence-electron chi connectivity index (χ2n) is 10.0. The predicted octanol–water partition coefficient (Wildman–Crippen LogP) is 5.94. The maximum absolute atomic E-state index is 15.5. The van der Waals surface area contributed by atoms with E-state index in [1.807, 2.05) is 20.8 Å². The van der Waals surface area contributed by atoms with E-state index in [0.717, 1.165) is 6.42 Å². The summed E-state index contributed by atoms with van der Waals surface area (Å²) in [6.07, 6.45) is 2.90. The zero-order valence-electron chi connectivity index (χ0n) is 20.4. The molecule has 1 N–H and O–H groups in total. The summed E-state index contributed by atoms with van der Waals surface area (Å²) >= 11 is 4.61. The molecule has 2 aliphatic heterocycles. The second-order valence-corrected chi connectivity index (χ2v) is 11.6. The van der Waals surface area contributed by atoms with Crippen LogP contribution in [0.5, 0.6) is 0 Å². The minimum Gasteiger partial charge on any atom is -0.444 e. The molecule has 0 radical (unpaired) electrons. The van der Waals surface area contributed by atoms with Crippen molar-refractivity contribution in [3.05, 3.63) is 27.5 Å². The average Bonchev–Trinajstić information content (AvgIpc) is 3.37. The van der Waals surface area contributed by atoms with E-state index in [4.69, 9.17) is 10.00 Å². The number of ether oxygens (including phenoxy) is 1. The standard InChI is InChI=1S/C25H28BrFN4O3S/c1-12(32)17-21(29-20-14-10-16(20)31(11-14)24(33)34-25(2,3)4)15-9-13(7-6-8-28)18(26)19(27)22(15)30-23(17)35-5/h9,14,16,20H,6-7,10-11H2,1-5H3,(H,29,30)/t14-,16-,20?/m1/s1. The molecule has 2 bridgehead atoms. The predicted molar refractivity (Wildman–Crippen MR) is 137 cm³/mol. The molecule has 3 aliphatic rings. The highest BCUT2D eigenvalue weighted by atomic mass is 79.9. The number of hydrogen-bond acceptors (Lipinski definition) is 7. The van der Waals surface area contributed by atoms with Crippen LogP contribution >= 0.6 is 27.7 Å². The molecule has 10 heteroatoms. The number of hydrogen-bond donors (Lipinski definition) is 1. The van der Waals surface area contributed by atoms with Crippen molar-refractivity contribution in [3.63, 3.8) is 0 Å². The maximum atomic E-state index is 15.5. The van der Waals surface area contributed by atoms with Crippen molar-refractivity contribution in [1.29, 1.82) is 5.26 Å². The minimum absolute atomic E-state index is 0.0750. The number of pyridine rings is 1. The van der Waals surface area contributed by atoms with Crippen LogP contribution in [0.2, 0.25) is 0 Å². The number of ketones is 1. The number of thioether (sulfide) groups is 1. The lowest BCUT2D eigenvalue weighted by Crippen LogP contribution is -2.50. The zero-order valence-corrected chi connectivity index (χ0v) is 22.8. The number of aromatic nitrogens is 1. The number of Topliss-reactive ketones (excluding diaryl/α,β-unsaturated/α-hetero) is 1. The van der Waals surface area contributed by atoms with Crippen molar-refractivity contribution in [3.8, 4) is 6.07 Å². The lowest BCUT2D eigenvalue weighted by molar-refractivity contribution is 0.0239. The highest BCUT2D eigenvalue weighted by Gasteiger charge is 2.55. The number of rotatable bonds is 6. The fourth-order valence-corrected chi connectivity index (χ4v) is 6.03. The van der Waals surface area contributed by atoms with Gasteiger partial charge in [-0.05, 0) is 74.4 Å². The Morgan fingerprint density at radius 2 is 2.14 bits per heavy atom. The molecule has 1 unspecified atom stereocenters. The number of halogens is 2. The SMILES string of the molecule is CSc1nc2c(F)c(Br)c(CCC#N)cc2c(NC2[C@@H]3C[C@H]2N(C(=O)OC(C)(C)C)C3)c1C(C)=O. The summed E-state index contributed by atoms with van der Waals surface area (Å²) in [5.41, 5.74) is 1.15. The minimum atomic E-state index is -0.589. The van der Waals surface area contributed by atoms with Crippen molar-refractivity contribution in [2.45, 2.75) is 69.7 Å². The fraction of sp³-hybridized carbons (Fsp3) is 0.520. The number of carbonyl (C=O) groups excluding carboxylic acids is 2. The Morgan fingerprint density at radius 1 is 1.43 bits per heavy atom. The molecule has 5 rings (SSSR count). The summed E-state index contributed by atoms with van der Waals surface area (Å²) in [5.74, 6) is -0.494. The quantitative estimate of drug-likeness (QED) is 0.344. The Bertz CT molecular complexity index is 1260. The Kier molecular flexibility index (Phi) is 7.04. The van der Waals surface area contributed by atoms with E-state index >= 15 is 4.39 Å². The fourth-order valence-electron chi connectivity index (χ4n) is 4.89. The Labute approximate surface area is 216 Å². The van der Waals surface area contributed by atoms with Gasteiger partial charge in [0.05, 0.1) is 33.9 Å². The first-order valence-electron chi connectivity index (χ1n) is 11.5. The Morgan fingerprint density at radius 3 is 2.74 bits per heavy atom. The highest BCUT2D eigenvalue weighted by Crippen LogP contribution is 2.46. The van der Waals surface area contributed by atoms with Gasteiger partial charge in [0, 0.05) is 24.3 Å². The molecule has 1 aromatic carbocycles. The van der Waals surface area contributed by atoms with E-state index in [-0.39, 0.29) is 46.3 Å². The third-order valence-corrected chi connectivity index (χ3v) is 8.03. The summed E-state index contributed by atoms with van der Waals surface area (Å²) in [6, 6.07) is 3.73. The van der Waals surface area contributed by atoms with Crippen molar-refractivity contribution >= 4 is 56.2 Å². The molecule has 3 fully saturated rings. The van der Waals surface area contributed by atoms with E-state index in [9.17, 15) is 9.59 Å². The molecule has 35 heavy (non-hydrogen) atoms. The van der Waals surface area contributed by atoms with Crippen LogP contribution in [0.3, 0.4) is 0 Å². The summed E-state index contributed by atoms with van der Waals surface area (Å²) in [5, 5.41) is 13.5. The van der Waals surface area contributed by atoms with Crippen LogP contribution in [0.25, 0.3) is 10.9 Å². The number of carbonyl (C=O) groups is 2. The number of anilines is 1. The maximum Gasteiger partial charge on any atom is 0.410 e. The average molecular weight is 563 g/mol. The monoisotopic (exact) mass is 562 g/mol. The number of fused-ring (bicyclic) bond motifs is 2. The van der Waals surface area contributed by atoms with Gasteiger partial charge in [0.15, 0.2) is 11.6 Å². The molecule has 2 aromatic rings. The van der Waals surface area contributed by atoms with Gasteiger partial charge < -0.3 is 15.0 Å². The first-order chi connectivity index (χ1) is 16.5. The molecule has 0 spiro atoms. The molecule has 1 aromatic heterocycles. The molecule has 3 atom stereocenters. The smallest absolute Gasteiger partial charge is 0.410 e. The van der Waals surface area contributed by atoms with Crippen LogP contribution in [-0.2, 0) is 11.2 Å². The summed E-state index contributed by atoms with van der Waals surface area (Å²) in [7, 11) is 0. The summed E-state index contributed by atoms with van der Waals surface area (Å²) in [6.45, 7) is 7.55. The molecular formula is C25H28BrFN4O3S. The van der Waals surface area contributed by atoms with Crippen molar-refractivity contribution in [1.82, 2.24) is 9.88 Å². The molecular weight excluding hydrogens is 535 g/mol. The van der Waals surface area contributed by atoms with E-state index < -0.39 is 11.4 Å². The van der Waals surface area contributed by atoms with E-state index in [1.54, 1.807) is 17.2 Å². The lowest BCUT2D eigenvalue weighted by Gasteiger charge is -2.38. The number of nitriles is 1. The van der Waals surface area contributed by atoms with Gasteiger partial charge in [0.2, 0.25) is 0 Å². The van der Waals surface area contributed by atoms with Crippen molar-refractivity contribution in [2.75, 3.05) is 18.1 Å². The van der Waals surface area contributed by atoms with Crippen LogP contribution in [0.1, 0.15) is 56.5 Å². The number of nitrogens with one attached hydrogen (secondary N) is 1. The van der Waals surface area contributed by atoms with Crippen LogP contribution in [0.4, 0.5) is 14.9 Å². The van der Waals surface area contributed by atoms with Crippen LogP contribution in [0, 0.1) is 23.1 Å². The number of benzene rings is 1. The van der Waals surface area contributed by atoms with E-state index in [2.05, 4.69) is 32.3 Å². The number of amides is 1. The van der Waals surface area contributed by atoms with Crippen molar-refractivity contribution < 1.29 is 18.7 Å². The van der Waals surface area contributed by atoms with Gasteiger partial charge in [-0.1, -0.05) is 0 Å². The first-order valence-corrected chi connectivity index (χ1v) is 13.5. The van der Waals surface area contributed by atoms with Gasteiger partial charge in [0.1, 0.15) is 16.1 Å². The zero-order chi connectivity index (χ0) is 25.7. The molecule has 1 amide bonds. The first kappa shape index (κ1) is 25.7. The van der Waals surface area contributed by atoms with Gasteiger partial charge in [-0.15, -0.1) is 11.8 Å². The van der Waals surface area contributed by atoms with Crippen LogP contribution in [-0.4, -0.2) is 52.2 Å². The third kappa shape index (κ3) is 4.73. The van der Waals surface area contributed by atoms with Gasteiger partial charge in [-0.25, -0.2) is 14.2 Å². The van der Waals surface area contributed by atoms with Crippen molar-refractivity contribution in [2.24, 2.45) is 5.92 Å².